The molecule has 0 bridgehead atoms. The molecule has 44 heavy (non-hydrogen) atoms. The minimum Gasteiger partial charge on any atom is -0.480 e. The van der Waals surface area contributed by atoms with E-state index in [-0.39, 0.29) is 26.2 Å². The first-order chi connectivity index (χ1) is 20.3. The maximum atomic E-state index is 10.6. The van der Waals surface area contributed by atoms with Gasteiger partial charge in [-0.05, 0) is 0 Å². The Hall–Kier alpha value is -4.48. The van der Waals surface area contributed by atoms with Crippen molar-refractivity contribution in [2.45, 2.75) is 0 Å². The molecule has 0 unspecified atom stereocenters. The monoisotopic (exact) mass is 644 g/mol. The van der Waals surface area contributed by atoms with Crippen LogP contribution in [0.1, 0.15) is 0 Å². The third-order valence-corrected chi connectivity index (χ3v) is 4.50. The molecule has 0 atom stereocenters. The van der Waals surface area contributed by atoms with Crippen molar-refractivity contribution in [3.8, 4) is 0 Å². The minimum absolute atomic E-state index is 0.0703. The molecule has 0 saturated carbocycles. The van der Waals surface area contributed by atoms with Crippen molar-refractivity contribution < 1.29 is 79.2 Å². The number of hydrogen-bond acceptors (Lipinski definition) is 14. The summed E-state index contributed by atoms with van der Waals surface area (Å²) < 4.78 is 0. The number of nitrogens with two attached hydrogens (primary N) is 2. The Balaban J connectivity index is -0.000000680. The number of carboxylic acid groups (broad SMARTS) is 8. The summed E-state index contributed by atoms with van der Waals surface area (Å²) in [5.74, 6) is -9.82. The summed E-state index contributed by atoms with van der Waals surface area (Å²) >= 11 is 0. The van der Waals surface area contributed by atoms with E-state index < -0.39 is 100 Å². The Morgan fingerprint density at radius 2 is 0.432 bits per heavy atom. The summed E-state index contributed by atoms with van der Waals surface area (Å²) in [5, 5.41) is 68.9. The molecule has 0 heterocycles. The van der Waals surface area contributed by atoms with Crippen LogP contribution in [0.5, 0.6) is 0 Å². The van der Waals surface area contributed by atoms with E-state index in [1.165, 1.54) is 0 Å². The number of carbonyl (C=O) groups is 8. The number of carboxylic acids is 8. The van der Waals surface area contributed by atoms with Crippen molar-refractivity contribution in [3.63, 3.8) is 0 Å². The van der Waals surface area contributed by atoms with Gasteiger partial charge in [0.05, 0.1) is 52.4 Å². The molecule has 22 nitrogen and oxygen atoms in total. The summed E-state index contributed by atoms with van der Waals surface area (Å²) in [6.07, 6.45) is 0. The van der Waals surface area contributed by atoms with E-state index in [1.54, 1.807) is 0 Å². The van der Waals surface area contributed by atoms with E-state index in [2.05, 4.69) is 0 Å². The molecule has 0 aromatic carbocycles. The van der Waals surface area contributed by atoms with Crippen LogP contribution in [0.25, 0.3) is 0 Å². The van der Waals surface area contributed by atoms with Gasteiger partial charge in [0.25, 0.3) is 0 Å². The highest BCUT2D eigenvalue weighted by Gasteiger charge is 2.19. The lowest BCUT2D eigenvalue weighted by Crippen LogP contribution is -2.43. The highest BCUT2D eigenvalue weighted by atomic mass is 16.4. The first-order valence-electron chi connectivity index (χ1n) is 12.4. The molecular formula is C22H40N6O16. The van der Waals surface area contributed by atoms with Crippen molar-refractivity contribution in [3.05, 3.63) is 0 Å². The van der Waals surface area contributed by atoms with Crippen molar-refractivity contribution in [1.82, 2.24) is 19.6 Å². The van der Waals surface area contributed by atoms with Crippen LogP contribution in [0.15, 0.2) is 0 Å². The van der Waals surface area contributed by atoms with E-state index in [0.717, 1.165) is 19.6 Å². The first-order valence-corrected chi connectivity index (χ1v) is 12.4. The zero-order valence-electron chi connectivity index (χ0n) is 23.7. The highest BCUT2D eigenvalue weighted by molar-refractivity contribution is 5.74. The Morgan fingerprint density at radius 1 is 0.318 bits per heavy atom. The molecule has 0 aromatic rings. The van der Waals surface area contributed by atoms with Crippen LogP contribution in [0.3, 0.4) is 0 Å². The first kappa shape index (κ1) is 44.0. The van der Waals surface area contributed by atoms with Crippen LogP contribution in [0.4, 0.5) is 0 Å². The average Bonchev–Trinajstić information content (AvgIpc) is 2.83. The zero-order chi connectivity index (χ0) is 34.8. The molecular weight excluding hydrogens is 604 g/mol. The fourth-order valence-electron chi connectivity index (χ4n) is 2.95. The number of rotatable bonds is 23. The predicted octanol–water partition coefficient (Wildman–Crippen LogP) is -5.24. The summed E-state index contributed by atoms with van der Waals surface area (Å²) in [7, 11) is 0. The number of aliphatic carboxylic acids is 8. The molecule has 0 amide bonds. The quantitative estimate of drug-likeness (QED) is 0.0496. The Bertz CT molecular complexity index is 740. The van der Waals surface area contributed by atoms with Gasteiger partial charge >= 0.3 is 47.8 Å². The predicted molar refractivity (Wildman–Crippen MR) is 145 cm³/mol. The fourth-order valence-corrected chi connectivity index (χ4v) is 2.95. The van der Waals surface area contributed by atoms with E-state index >= 15 is 0 Å². The van der Waals surface area contributed by atoms with Crippen LogP contribution < -0.4 is 11.5 Å². The summed E-state index contributed by atoms with van der Waals surface area (Å²) in [6, 6.07) is 0. The largest absolute Gasteiger partial charge is 0.480 e. The molecule has 0 rings (SSSR count). The summed E-state index contributed by atoms with van der Waals surface area (Å²) in [6.45, 7) is -3.31. The lowest BCUT2D eigenvalue weighted by Gasteiger charge is -2.23. The van der Waals surface area contributed by atoms with Crippen LogP contribution in [-0.2, 0) is 38.4 Å². The molecule has 0 radical (unpaired) electrons. The van der Waals surface area contributed by atoms with Gasteiger partial charge in [0.15, 0.2) is 0 Å². The van der Waals surface area contributed by atoms with Gasteiger partial charge in [0.2, 0.25) is 0 Å². The van der Waals surface area contributed by atoms with Gasteiger partial charge in [0.1, 0.15) is 0 Å². The van der Waals surface area contributed by atoms with Crippen LogP contribution in [-0.4, -0.2) is 200 Å². The molecule has 0 spiro atoms. The molecule has 0 saturated heterocycles. The second-order valence-electron chi connectivity index (χ2n) is 8.57. The molecule has 0 fully saturated rings. The number of hydrogen-bond donors (Lipinski definition) is 10. The van der Waals surface area contributed by atoms with Crippen molar-refractivity contribution in [2.24, 2.45) is 11.5 Å². The lowest BCUT2D eigenvalue weighted by atomic mass is 10.4. The van der Waals surface area contributed by atoms with Crippen molar-refractivity contribution in [2.75, 3.05) is 91.6 Å². The van der Waals surface area contributed by atoms with Gasteiger partial charge in [-0.2, -0.15) is 0 Å². The van der Waals surface area contributed by atoms with Gasteiger partial charge in [-0.15, -0.1) is 0 Å². The average molecular weight is 645 g/mol. The molecule has 0 aliphatic carbocycles. The summed E-state index contributed by atoms with van der Waals surface area (Å²) in [5.41, 5.74) is 9.81. The van der Waals surface area contributed by atoms with E-state index in [9.17, 15) is 38.4 Å². The highest BCUT2D eigenvalue weighted by Crippen LogP contribution is 1.95. The third kappa shape index (κ3) is 33.7. The maximum Gasteiger partial charge on any atom is 0.317 e. The van der Waals surface area contributed by atoms with Crippen LogP contribution >= 0.6 is 0 Å². The molecule has 12 N–H and O–H groups in total. The second-order valence-corrected chi connectivity index (χ2v) is 8.57. The van der Waals surface area contributed by atoms with Gasteiger partial charge in [0, 0.05) is 39.3 Å². The molecule has 0 aromatic heterocycles. The standard InChI is InChI=1S/2C10H16N2O8.C2H8N2/c2*13-7(14)3-11(4-8(15)16)1-2-12(5-9(17)18)6-10(19)20;3-1-2-4/h2*1-6H2,(H,13,14)(H,15,16)(H,17,18)(H,19,20);1-4H2. The second kappa shape index (κ2) is 26.2. The van der Waals surface area contributed by atoms with E-state index in [4.69, 9.17) is 52.3 Å². The van der Waals surface area contributed by atoms with E-state index in [0.29, 0.717) is 13.1 Å². The number of nitrogens with zero attached hydrogens (tertiary/aromatic N) is 4. The minimum atomic E-state index is -1.23. The van der Waals surface area contributed by atoms with Crippen molar-refractivity contribution in [1.29, 1.82) is 0 Å². The topological polar surface area (TPSA) is 363 Å². The maximum absolute atomic E-state index is 10.6. The van der Waals surface area contributed by atoms with Crippen molar-refractivity contribution >= 4 is 47.8 Å². The molecule has 0 aliphatic heterocycles. The molecule has 0 aliphatic rings. The lowest BCUT2D eigenvalue weighted by molar-refractivity contribution is -0.145. The van der Waals surface area contributed by atoms with Crippen LogP contribution in [0.2, 0.25) is 0 Å². The summed E-state index contributed by atoms with van der Waals surface area (Å²) in [4.78, 5) is 88.7. The van der Waals surface area contributed by atoms with Gasteiger partial charge in [-0.25, -0.2) is 0 Å². The fraction of sp³-hybridized carbons (Fsp3) is 0.636. The van der Waals surface area contributed by atoms with Gasteiger partial charge in [-0.3, -0.25) is 58.0 Å². The van der Waals surface area contributed by atoms with Crippen LogP contribution in [0, 0.1) is 0 Å². The SMILES string of the molecule is NCCN.O=C(O)CN(CCN(CC(=O)O)CC(=O)O)CC(=O)O.O=C(O)CN(CCN(CC(=O)O)CC(=O)O)CC(=O)O. The Kier molecular flexibility index (Phi) is 26.2. The molecule has 254 valence electrons. The Labute approximate surface area is 250 Å². The van der Waals surface area contributed by atoms with Gasteiger partial charge < -0.3 is 52.3 Å². The third-order valence-electron chi connectivity index (χ3n) is 4.50. The normalized spacial score (nSPS) is 10.4. The molecule has 22 heteroatoms. The zero-order valence-corrected chi connectivity index (χ0v) is 23.7. The van der Waals surface area contributed by atoms with E-state index in [1.807, 2.05) is 0 Å². The van der Waals surface area contributed by atoms with Gasteiger partial charge in [-0.1, -0.05) is 0 Å². The Morgan fingerprint density at radius 3 is 0.500 bits per heavy atom. The smallest absolute Gasteiger partial charge is 0.317 e.